The van der Waals surface area contributed by atoms with Crippen molar-refractivity contribution in [2.24, 2.45) is 5.41 Å². The van der Waals surface area contributed by atoms with Gasteiger partial charge in [-0.2, -0.15) is 0 Å². The van der Waals surface area contributed by atoms with Crippen LogP contribution in [0.25, 0.3) is 10.8 Å². The van der Waals surface area contributed by atoms with E-state index in [1.807, 2.05) is 39.0 Å². The molecule has 3 heteroatoms. The number of aromatic hydroxyl groups is 1. The second-order valence-corrected chi connectivity index (χ2v) is 5.26. The van der Waals surface area contributed by atoms with Gasteiger partial charge < -0.3 is 9.84 Å². The minimum atomic E-state index is -0.535. The van der Waals surface area contributed by atoms with E-state index >= 15 is 0 Å². The molecule has 0 aliphatic carbocycles. The summed E-state index contributed by atoms with van der Waals surface area (Å²) in [5, 5.41) is 11.4. The van der Waals surface area contributed by atoms with E-state index in [2.05, 4.69) is 0 Å². The fraction of sp³-hybridized carbons (Fsp3) is 0.312. The molecule has 0 aliphatic heterocycles. The van der Waals surface area contributed by atoms with Crippen LogP contribution in [0.3, 0.4) is 0 Å². The predicted octanol–water partition coefficient (Wildman–Crippen LogP) is 3.89. The third-order valence-corrected chi connectivity index (χ3v) is 3.48. The number of hydrogen-bond donors (Lipinski definition) is 1. The molecule has 0 aliphatic rings. The molecule has 19 heavy (non-hydrogen) atoms. The molecule has 2 aromatic carbocycles. The van der Waals surface area contributed by atoms with Crippen molar-refractivity contribution in [1.82, 2.24) is 0 Å². The lowest BCUT2D eigenvalue weighted by molar-refractivity contribution is -0.144. The lowest BCUT2D eigenvalue weighted by Gasteiger charge is -2.20. The molecule has 3 nitrogen and oxygen atoms in total. The summed E-state index contributed by atoms with van der Waals surface area (Å²) in [5.74, 6) is 0.239. The summed E-state index contributed by atoms with van der Waals surface area (Å²) < 4.78 is 5.47. The molecule has 100 valence electrons. The third kappa shape index (κ3) is 2.55. The van der Waals surface area contributed by atoms with Crippen molar-refractivity contribution >= 4 is 16.7 Å². The predicted molar refractivity (Wildman–Crippen MR) is 75.3 cm³/mol. The van der Waals surface area contributed by atoms with Crippen LogP contribution < -0.4 is 4.74 Å². The summed E-state index contributed by atoms with van der Waals surface area (Å²) in [7, 11) is 0. The Morgan fingerprint density at radius 1 is 1.21 bits per heavy atom. The van der Waals surface area contributed by atoms with E-state index in [0.29, 0.717) is 17.6 Å². The summed E-state index contributed by atoms with van der Waals surface area (Å²) in [6, 6.07) is 10.6. The molecule has 0 heterocycles. The van der Waals surface area contributed by atoms with Crippen LogP contribution in [0.5, 0.6) is 11.5 Å². The number of ether oxygens (including phenoxy) is 1. The number of hydrogen-bond acceptors (Lipinski definition) is 3. The van der Waals surface area contributed by atoms with E-state index in [0.717, 1.165) is 5.39 Å². The number of phenols is 1. The van der Waals surface area contributed by atoms with Crippen molar-refractivity contribution in [3.63, 3.8) is 0 Å². The van der Waals surface area contributed by atoms with Crippen molar-refractivity contribution in [1.29, 1.82) is 0 Å². The van der Waals surface area contributed by atoms with Crippen LogP contribution in [-0.2, 0) is 4.79 Å². The second kappa shape index (κ2) is 4.92. The first-order valence-electron chi connectivity index (χ1n) is 6.38. The van der Waals surface area contributed by atoms with Crippen LogP contribution in [0.1, 0.15) is 27.2 Å². The lowest BCUT2D eigenvalue weighted by Crippen LogP contribution is -2.28. The van der Waals surface area contributed by atoms with Crippen molar-refractivity contribution < 1.29 is 14.6 Å². The summed E-state index contributed by atoms with van der Waals surface area (Å²) in [6.45, 7) is 5.64. The number of fused-ring (bicyclic) bond motifs is 1. The highest BCUT2D eigenvalue weighted by molar-refractivity contribution is 5.95. The van der Waals surface area contributed by atoms with E-state index in [9.17, 15) is 9.90 Å². The minimum Gasteiger partial charge on any atom is -0.507 e. The Hall–Kier alpha value is -2.03. The van der Waals surface area contributed by atoms with E-state index in [4.69, 9.17) is 4.74 Å². The standard InChI is InChI=1S/C16H18O3/c1-4-16(2,3)15(18)19-13-10-6-8-11-7-5-9-12(17)14(11)13/h5-10,17H,4H2,1-3H3. The van der Waals surface area contributed by atoms with Gasteiger partial charge in [-0.15, -0.1) is 0 Å². The van der Waals surface area contributed by atoms with Crippen molar-refractivity contribution in [2.75, 3.05) is 0 Å². The zero-order chi connectivity index (χ0) is 14.0. The number of benzene rings is 2. The van der Waals surface area contributed by atoms with Gasteiger partial charge in [0.15, 0.2) is 0 Å². The van der Waals surface area contributed by atoms with Gasteiger partial charge >= 0.3 is 5.97 Å². The van der Waals surface area contributed by atoms with Gasteiger partial charge in [0, 0.05) is 0 Å². The molecule has 0 spiro atoms. The maximum absolute atomic E-state index is 12.1. The minimum absolute atomic E-state index is 0.121. The van der Waals surface area contributed by atoms with Gasteiger partial charge in [-0.3, -0.25) is 4.79 Å². The fourth-order valence-corrected chi connectivity index (χ4v) is 1.75. The Bertz CT molecular complexity index is 609. The molecule has 0 radical (unpaired) electrons. The maximum Gasteiger partial charge on any atom is 0.316 e. The monoisotopic (exact) mass is 258 g/mol. The van der Waals surface area contributed by atoms with Gasteiger partial charge in [-0.25, -0.2) is 0 Å². The molecule has 0 atom stereocenters. The fourth-order valence-electron chi connectivity index (χ4n) is 1.75. The van der Waals surface area contributed by atoms with Crippen LogP contribution in [0.4, 0.5) is 0 Å². The van der Waals surface area contributed by atoms with Crippen LogP contribution in [0, 0.1) is 5.41 Å². The molecule has 1 N–H and O–H groups in total. The summed E-state index contributed by atoms with van der Waals surface area (Å²) in [5.41, 5.74) is -0.535. The molecule has 0 unspecified atom stereocenters. The second-order valence-electron chi connectivity index (χ2n) is 5.26. The third-order valence-electron chi connectivity index (χ3n) is 3.48. The van der Waals surface area contributed by atoms with E-state index in [1.54, 1.807) is 18.2 Å². The summed E-state index contributed by atoms with van der Waals surface area (Å²) in [4.78, 5) is 12.1. The largest absolute Gasteiger partial charge is 0.507 e. The topological polar surface area (TPSA) is 46.5 Å². The molecule has 0 bridgehead atoms. The van der Waals surface area contributed by atoms with Crippen LogP contribution >= 0.6 is 0 Å². The number of carbonyl (C=O) groups is 1. The van der Waals surface area contributed by atoms with E-state index < -0.39 is 5.41 Å². The molecular weight excluding hydrogens is 240 g/mol. The molecule has 2 rings (SSSR count). The SMILES string of the molecule is CCC(C)(C)C(=O)Oc1cccc2cccc(O)c12. The Kier molecular flexibility index (Phi) is 3.47. The zero-order valence-corrected chi connectivity index (χ0v) is 11.4. The molecule has 0 fully saturated rings. The Morgan fingerprint density at radius 3 is 2.47 bits per heavy atom. The average molecular weight is 258 g/mol. The van der Waals surface area contributed by atoms with Crippen LogP contribution in [-0.4, -0.2) is 11.1 Å². The van der Waals surface area contributed by atoms with Gasteiger partial charge in [0.1, 0.15) is 11.5 Å². The van der Waals surface area contributed by atoms with Gasteiger partial charge in [0.25, 0.3) is 0 Å². The highest BCUT2D eigenvalue weighted by Crippen LogP contribution is 2.34. The van der Waals surface area contributed by atoms with Gasteiger partial charge in [0.05, 0.1) is 10.8 Å². The Morgan fingerprint density at radius 2 is 1.84 bits per heavy atom. The summed E-state index contributed by atoms with van der Waals surface area (Å²) >= 11 is 0. The number of carbonyl (C=O) groups excluding carboxylic acids is 1. The number of esters is 1. The van der Waals surface area contributed by atoms with Crippen molar-refractivity contribution in [3.05, 3.63) is 36.4 Å². The maximum atomic E-state index is 12.1. The number of phenolic OH excluding ortho intramolecular Hbond substituents is 1. The number of rotatable bonds is 3. The Balaban J connectivity index is 2.44. The molecule has 0 aromatic heterocycles. The smallest absolute Gasteiger partial charge is 0.316 e. The normalized spacial score (nSPS) is 11.5. The van der Waals surface area contributed by atoms with E-state index in [1.165, 1.54) is 0 Å². The van der Waals surface area contributed by atoms with Crippen molar-refractivity contribution in [3.8, 4) is 11.5 Å². The Labute approximate surface area is 112 Å². The van der Waals surface area contributed by atoms with Crippen LogP contribution in [0.2, 0.25) is 0 Å². The lowest BCUT2D eigenvalue weighted by atomic mass is 9.90. The molecule has 0 amide bonds. The molecule has 2 aromatic rings. The molecular formula is C16H18O3. The van der Waals surface area contributed by atoms with E-state index in [-0.39, 0.29) is 11.7 Å². The first kappa shape index (κ1) is 13.4. The highest BCUT2D eigenvalue weighted by Gasteiger charge is 2.28. The highest BCUT2D eigenvalue weighted by atomic mass is 16.5. The summed E-state index contributed by atoms with van der Waals surface area (Å²) in [6.07, 6.45) is 0.697. The first-order chi connectivity index (χ1) is 8.95. The first-order valence-corrected chi connectivity index (χ1v) is 6.38. The molecule has 0 saturated carbocycles. The quantitative estimate of drug-likeness (QED) is 0.671. The van der Waals surface area contributed by atoms with Gasteiger partial charge in [0.2, 0.25) is 0 Å². The van der Waals surface area contributed by atoms with Gasteiger partial charge in [-0.05, 0) is 37.8 Å². The average Bonchev–Trinajstić information content (AvgIpc) is 2.39. The zero-order valence-electron chi connectivity index (χ0n) is 11.4. The van der Waals surface area contributed by atoms with Crippen LogP contribution in [0.15, 0.2) is 36.4 Å². The van der Waals surface area contributed by atoms with Crippen molar-refractivity contribution in [2.45, 2.75) is 27.2 Å². The van der Waals surface area contributed by atoms with Gasteiger partial charge in [-0.1, -0.05) is 31.2 Å². The molecule has 0 saturated heterocycles.